The molecule has 1 amide bonds. The number of rotatable bonds is 5. The minimum absolute atomic E-state index is 0.111. The van der Waals surface area contributed by atoms with Gasteiger partial charge in [-0.25, -0.2) is 0 Å². The van der Waals surface area contributed by atoms with E-state index in [1.807, 2.05) is 51.1 Å². The molecule has 1 atom stereocenters. The number of hydrogen-bond donors (Lipinski definition) is 2. The average Bonchev–Trinajstić information content (AvgIpc) is 2.37. The lowest BCUT2D eigenvalue weighted by Crippen LogP contribution is -2.54. The second kappa shape index (κ2) is 6.36. The normalized spacial score (nSPS) is 14.7. The van der Waals surface area contributed by atoms with Crippen LogP contribution in [0.1, 0.15) is 26.3 Å². The molecular formula is C15H22N2O. The summed E-state index contributed by atoms with van der Waals surface area (Å²) in [5.41, 5.74) is 6.37. The summed E-state index contributed by atoms with van der Waals surface area (Å²) in [5.74, 6) is 0.178. The van der Waals surface area contributed by atoms with Gasteiger partial charge < -0.3 is 11.1 Å². The van der Waals surface area contributed by atoms with Crippen LogP contribution in [0.25, 0.3) is 6.08 Å². The molecule has 3 N–H and O–H groups in total. The van der Waals surface area contributed by atoms with Gasteiger partial charge in [-0.3, -0.25) is 4.79 Å². The minimum atomic E-state index is -0.363. The predicted octanol–water partition coefficient (Wildman–Crippen LogP) is 2.19. The van der Waals surface area contributed by atoms with E-state index in [-0.39, 0.29) is 17.4 Å². The maximum atomic E-state index is 11.8. The first-order valence-corrected chi connectivity index (χ1v) is 6.23. The molecule has 0 aliphatic heterocycles. The van der Waals surface area contributed by atoms with E-state index in [9.17, 15) is 4.79 Å². The summed E-state index contributed by atoms with van der Waals surface area (Å²) >= 11 is 0. The van der Waals surface area contributed by atoms with Crippen LogP contribution < -0.4 is 11.1 Å². The molecular weight excluding hydrogens is 224 g/mol. The van der Waals surface area contributed by atoms with Gasteiger partial charge in [0.2, 0.25) is 5.91 Å². The first-order valence-electron chi connectivity index (χ1n) is 6.23. The Kier molecular flexibility index (Phi) is 5.10. The van der Waals surface area contributed by atoms with Gasteiger partial charge in [0.25, 0.3) is 0 Å². The molecule has 1 rings (SSSR count). The van der Waals surface area contributed by atoms with E-state index < -0.39 is 0 Å². The summed E-state index contributed by atoms with van der Waals surface area (Å²) in [5, 5.41) is 2.96. The Morgan fingerprint density at radius 1 is 1.39 bits per heavy atom. The summed E-state index contributed by atoms with van der Waals surface area (Å²) in [6.07, 6.45) is 3.35. The summed E-state index contributed by atoms with van der Waals surface area (Å²) in [6.45, 7) is 6.49. The lowest BCUT2D eigenvalue weighted by molar-refractivity contribution is -0.118. The molecule has 0 radical (unpaired) electrons. The second-order valence-electron chi connectivity index (χ2n) is 5.01. The predicted molar refractivity (Wildman–Crippen MR) is 75.9 cm³/mol. The Labute approximate surface area is 109 Å². The highest BCUT2D eigenvalue weighted by molar-refractivity contribution is 5.92. The third kappa shape index (κ3) is 4.00. The van der Waals surface area contributed by atoms with E-state index in [0.717, 1.165) is 5.56 Å². The molecule has 3 heteroatoms. The van der Waals surface area contributed by atoms with Crippen molar-refractivity contribution >= 4 is 12.0 Å². The van der Waals surface area contributed by atoms with Crippen molar-refractivity contribution < 1.29 is 4.79 Å². The van der Waals surface area contributed by atoms with Crippen molar-refractivity contribution in [3.05, 3.63) is 42.0 Å². The smallest absolute Gasteiger partial charge is 0.244 e. The van der Waals surface area contributed by atoms with Gasteiger partial charge in [-0.2, -0.15) is 0 Å². The molecule has 0 aromatic heterocycles. The highest BCUT2D eigenvalue weighted by Gasteiger charge is 2.27. The van der Waals surface area contributed by atoms with E-state index in [1.165, 1.54) is 0 Å². The molecule has 0 fully saturated rings. The third-order valence-corrected chi connectivity index (χ3v) is 3.33. The van der Waals surface area contributed by atoms with Gasteiger partial charge in [-0.05, 0) is 24.5 Å². The molecule has 1 aromatic rings. The van der Waals surface area contributed by atoms with Gasteiger partial charge >= 0.3 is 0 Å². The molecule has 0 saturated heterocycles. The Morgan fingerprint density at radius 2 is 2.00 bits per heavy atom. The van der Waals surface area contributed by atoms with Crippen LogP contribution in [0, 0.1) is 5.92 Å². The Bertz CT molecular complexity index is 412. The Hall–Kier alpha value is -1.61. The quantitative estimate of drug-likeness (QED) is 0.782. The maximum Gasteiger partial charge on any atom is 0.244 e. The fraction of sp³-hybridized carbons (Fsp3) is 0.400. The molecule has 3 nitrogen and oxygen atoms in total. The lowest BCUT2D eigenvalue weighted by Gasteiger charge is -2.33. The van der Waals surface area contributed by atoms with E-state index in [2.05, 4.69) is 5.32 Å². The van der Waals surface area contributed by atoms with Crippen molar-refractivity contribution in [1.29, 1.82) is 0 Å². The molecule has 0 saturated carbocycles. The highest BCUT2D eigenvalue weighted by atomic mass is 16.1. The standard InChI is InChI=1S/C15H22N2O/c1-12(2)15(3,11-16)17-14(18)10-9-13-7-5-4-6-8-13/h4-10,12H,11,16H2,1-3H3,(H,17,18)/b10-9+. The first kappa shape index (κ1) is 14.5. The highest BCUT2D eigenvalue weighted by Crippen LogP contribution is 2.14. The molecule has 98 valence electrons. The monoisotopic (exact) mass is 246 g/mol. The number of amides is 1. The number of carbonyl (C=O) groups is 1. The maximum absolute atomic E-state index is 11.8. The molecule has 0 aliphatic carbocycles. The van der Waals surface area contributed by atoms with Crippen LogP contribution in [0.15, 0.2) is 36.4 Å². The van der Waals surface area contributed by atoms with Gasteiger partial charge in [0.1, 0.15) is 0 Å². The van der Waals surface area contributed by atoms with E-state index in [1.54, 1.807) is 12.2 Å². The number of nitrogens with one attached hydrogen (secondary N) is 1. The summed E-state index contributed by atoms with van der Waals surface area (Å²) in [6, 6.07) is 9.73. The Morgan fingerprint density at radius 3 is 2.50 bits per heavy atom. The van der Waals surface area contributed by atoms with Crippen LogP contribution in [0.2, 0.25) is 0 Å². The van der Waals surface area contributed by atoms with Gasteiger partial charge in [-0.1, -0.05) is 44.2 Å². The topological polar surface area (TPSA) is 55.1 Å². The van der Waals surface area contributed by atoms with Crippen LogP contribution in [0.4, 0.5) is 0 Å². The Balaban J connectivity index is 2.64. The number of benzene rings is 1. The zero-order valence-electron chi connectivity index (χ0n) is 11.3. The molecule has 0 bridgehead atoms. The van der Waals surface area contributed by atoms with Crippen LogP contribution in [0.3, 0.4) is 0 Å². The van der Waals surface area contributed by atoms with Crippen molar-refractivity contribution in [3.8, 4) is 0 Å². The summed E-state index contributed by atoms with van der Waals surface area (Å²) in [7, 11) is 0. The van der Waals surface area contributed by atoms with Crippen molar-refractivity contribution in [2.45, 2.75) is 26.3 Å². The van der Waals surface area contributed by atoms with Crippen LogP contribution in [-0.4, -0.2) is 18.0 Å². The van der Waals surface area contributed by atoms with Gasteiger partial charge in [0.05, 0.1) is 5.54 Å². The fourth-order valence-electron chi connectivity index (χ4n) is 1.49. The SMILES string of the molecule is CC(C)C(C)(CN)NC(=O)/C=C/c1ccccc1. The number of carbonyl (C=O) groups excluding carboxylic acids is 1. The van der Waals surface area contributed by atoms with E-state index in [0.29, 0.717) is 6.54 Å². The zero-order chi connectivity index (χ0) is 13.6. The largest absolute Gasteiger partial charge is 0.346 e. The van der Waals surface area contributed by atoms with Crippen LogP contribution >= 0.6 is 0 Å². The van der Waals surface area contributed by atoms with Gasteiger partial charge in [-0.15, -0.1) is 0 Å². The summed E-state index contributed by atoms with van der Waals surface area (Å²) < 4.78 is 0. The van der Waals surface area contributed by atoms with E-state index in [4.69, 9.17) is 5.73 Å². The van der Waals surface area contributed by atoms with E-state index >= 15 is 0 Å². The summed E-state index contributed by atoms with van der Waals surface area (Å²) in [4.78, 5) is 11.8. The first-order chi connectivity index (χ1) is 8.48. The molecule has 18 heavy (non-hydrogen) atoms. The molecule has 0 heterocycles. The van der Waals surface area contributed by atoms with Crippen molar-refractivity contribution in [3.63, 3.8) is 0 Å². The van der Waals surface area contributed by atoms with Crippen molar-refractivity contribution in [2.75, 3.05) is 6.54 Å². The number of nitrogens with two attached hydrogens (primary N) is 1. The molecule has 0 spiro atoms. The fourth-order valence-corrected chi connectivity index (χ4v) is 1.49. The average molecular weight is 246 g/mol. The zero-order valence-corrected chi connectivity index (χ0v) is 11.3. The van der Waals surface area contributed by atoms with Crippen molar-refractivity contribution in [1.82, 2.24) is 5.32 Å². The third-order valence-electron chi connectivity index (χ3n) is 3.33. The number of hydrogen-bond acceptors (Lipinski definition) is 2. The molecule has 1 aromatic carbocycles. The molecule has 1 unspecified atom stereocenters. The van der Waals surface area contributed by atoms with Crippen LogP contribution in [0.5, 0.6) is 0 Å². The lowest BCUT2D eigenvalue weighted by atomic mass is 9.88. The minimum Gasteiger partial charge on any atom is -0.346 e. The van der Waals surface area contributed by atoms with Crippen LogP contribution in [-0.2, 0) is 4.79 Å². The van der Waals surface area contributed by atoms with Crippen molar-refractivity contribution in [2.24, 2.45) is 11.7 Å². The van der Waals surface area contributed by atoms with Gasteiger partial charge in [0, 0.05) is 12.6 Å². The second-order valence-corrected chi connectivity index (χ2v) is 5.01. The van der Waals surface area contributed by atoms with Gasteiger partial charge in [0.15, 0.2) is 0 Å². The molecule has 0 aliphatic rings.